The molecule has 1 unspecified atom stereocenters. The molecule has 21 heavy (non-hydrogen) atoms. The van der Waals surface area contributed by atoms with Crippen molar-refractivity contribution in [3.05, 3.63) is 0 Å². The number of aliphatic imine (C=N–C) groups is 1. The van der Waals surface area contributed by atoms with Crippen LogP contribution in [-0.4, -0.2) is 51.3 Å². The molecule has 7 heteroatoms. The lowest BCUT2D eigenvalue weighted by molar-refractivity contribution is -0.121. The molecular weight excluding hydrogens is 383 g/mol. The third kappa shape index (κ3) is 14.1. The fourth-order valence-electron chi connectivity index (χ4n) is 1.49. The lowest BCUT2D eigenvalue weighted by Crippen LogP contribution is -2.40. The summed E-state index contributed by atoms with van der Waals surface area (Å²) in [5.41, 5.74) is 0. The van der Waals surface area contributed by atoms with Crippen LogP contribution in [0, 0.1) is 0 Å². The molecule has 0 saturated carbocycles. The average molecular weight is 414 g/mol. The van der Waals surface area contributed by atoms with Gasteiger partial charge in [0.05, 0.1) is 0 Å². The maximum atomic E-state index is 11.6. The molecule has 3 N–H and O–H groups in total. The largest absolute Gasteiger partial charge is 0.382 e. The molecule has 0 fully saturated rings. The molecule has 0 aromatic carbocycles. The summed E-state index contributed by atoms with van der Waals surface area (Å²) in [6.07, 6.45) is 2.33. The number of hydrogen-bond acceptors (Lipinski definition) is 3. The number of amides is 1. The Morgan fingerprint density at radius 2 is 1.90 bits per heavy atom. The highest BCUT2D eigenvalue weighted by Crippen LogP contribution is 1.89. The molecule has 1 atom stereocenters. The first kappa shape index (κ1) is 22.7. The number of nitrogens with zero attached hydrogens (tertiary/aromatic N) is 1. The molecule has 126 valence electrons. The van der Waals surface area contributed by atoms with E-state index in [0.29, 0.717) is 13.0 Å². The molecule has 1 amide bonds. The highest BCUT2D eigenvalue weighted by atomic mass is 127. The van der Waals surface area contributed by atoms with Crippen molar-refractivity contribution < 1.29 is 9.53 Å². The summed E-state index contributed by atoms with van der Waals surface area (Å²) in [7, 11) is 1.72. The molecule has 0 aromatic rings. The van der Waals surface area contributed by atoms with Crippen molar-refractivity contribution in [2.75, 3.05) is 33.4 Å². The van der Waals surface area contributed by atoms with Crippen LogP contribution >= 0.6 is 24.0 Å². The molecule has 0 aliphatic carbocycles. The number of nitrogens with one attached hydrogen (secondary N) is 3. The van der Waals surface area contributed by atoms with Crippen LogP contribution in [0.1, 0.15) is 40.0 Å². The van der Waals surface area contributed by atoms with Gasteiger partial charge in [-0.25, -0.2) is 0 Å². The summed E-state index contributed by atoms with van der Waals surface area (Å²) in [5.74, 6) is 0.788. The van der Waals surface area contributed by atoms with Crippen LogP contribution in [0.4, 0.5) is 0 Å². The van der Waals surface area contributed by atoms with Crippen LogP contribution in [0.15, 0.2) is 4.99 Å². The highest BCUT2D eigenvalue weighted by Gasteiger charge is 2.05. The second-order valence-corrected chi connectivity index (χ2v) is 4.60. The molecule has 0 aliphatic heterocycles. The van der Waals surface area contributed by atoms with Crippen molar-refractivity contribution in [3.63, 3.8) is 0 Å². The fraction of sp³-hybridized carbons (Fsp3) is 0.857. The van der Waals surface area contributed by atoms with Gasteiger partial charge in [-0.2, -0.15) is 0 Å². The molecule has 0 spiro atoms. The molecule has 0 aromatic heterocycles. The second-order valence-electron chi connectivity index (χ2n) is 4.60. The maximum Gasteiger partial charge on any atom is 0.221 e. The molecule has 0 radical (unpaired) electrons. The molecule has 0 saturated heterocycles. The van der Waals surface area contributed by atoms with E-state index in [2.05, 4.69) is 27.9 Å². The summed E-state index contributed by atoms with van der Waals surface area (Å²) < 4.78 is 5.26. The zero-order valence-corrected chi connectivity index (χ0v) is 16.0. The normalized spacial score (nSPS) is 12.3. The number of rotatable bonds is 10. The Hall–Kier alpha value is -0.570. The monoisotopic (exact) mass is 414 g/mol. The van der Waals surface area contributed by atoms with Gasteiger partial charge >= 0.3 is 0 Å². The number of guanidine groups is 1. The Morgan fingerprint density at radius 3 is 2.48 bits per heavy atom. The van der Waals surface area contributed by atoms with Crippen molar-refractivity contribution >= 4 is 35.8 Å². The first-order valence-corrected chi connectivity index (χ1v) is 7.45. The van der Waals surface area contributed by atoms with Gasteiger partial charge in [-0.1, -0.05) is 6.92 Å². The van der Waals surface area contributed by atoms with Crippen molar-refractivity contribution in [2.45, 2.75) is 46.1 Å². The Morgan fingerprint density at radius 1 is 1.24 bits per heavy atom. The van der Waals surface area contributed by atoms with E-state index in [1.165, 1.54) is 0 Å². The van der Waals surface area contributed by atoms with Gasteiger partial charge in [0.15, 0.2) is 5.96 Å². The van der Waals surface area contributed by atoms with Gasteiger partial charge in [-0.3, -0.25) is 9.79 Å². The highest BCUT2D eigenvalue weighted by molar-refractivity contribution is 14.0. The lowest BCUT2D eigenvalue weighted by Gasteiger charge is -2.13. The first-order chi connectivity index (χ1) is 9.63. The first-order valence-electron chi connectivity index (χ1n) is 7.45. The molecule has 0 aliphatic rings. The third-order valence-corrected chi connectivity index (χ3v) is 2.85. The van der Waals surface area contributed by atoms with Crippen molar-refractivity contribution in [1.82, 2.24) is 16.0 Å². The molecule has 0 heterocycles. The van der Waals surface area contributed by atoms with Crippen LogP contribution in [-0.2, 0) is 9.53 Å². The predicted octanol–water partition coefficient (Wildman–Crippen LogP) is 1.50. The topological polar surface area (TPSA) is 74.8 Å². The number of hydrogen-bond donors (Lipinski definition) is 3. The van der Waals surface area contributed by atoms with Gasteiger partial charge < -0.3 is 20.7 Å². The number of halogens is 1. The summed E-state index contributed by atoms with van der Waals surface area (Å²) >= 11 is 0. The molecule has 6 nitrogen and oxygen atoms in total. The molecule has 0 bridgehead atoms. The summed E-state index contributed by atoms with van der Waals surface area (Å²) in [5, 5.41) is 9.23. The van der Waals surface area contributed by atoms with Crippen molar-refractivity contribution in [2.24, 2.45) is 4.99 Å². The van der Waals surface area contributed by atoms with Gasteiger partial charge in [0, 0.05) is 45.8 Å². The smallest absolute Gasteiger partial charge is 0.221 e. The lowest BCUT2D eigenvalue weighted by atomic mass is 10.2. The molecular formula is C14H31IN4O2. The third-order valence-electron chi connectivity index (χ3n) is 2.85. The van der Waals surface area contributed by atoms with E-state index in [0.717, 1.165) is 38.6 Å². The summed E-state index contributed by atoms with van der Waals surface area (Å²) in [6.45, 7) is 8.92. The predicted molar refractivity (Wildman–Crippen MR) is 98.4 cm³/mol. The van der Waals surface area contributed by atoms with Crippen molar-refractivity contribution in [3.8, 4) is 0 Å². The minimum atomic E-state index is 0. The summed E-state index contributed by atoms with van der Waals surface area (Å²) in [6, 6.07) is 0.235. The van der Waals surface area contributed by atoms with E-state index in [1.54, 1.807) is 7.05 Å². The average Bonchev–Trinajstić information content (AvgIpc) is 2.44. The van der Waals surface area contributed by atoms with Crippen LogP contribution in [0.2, 0.25) is 0 Å². The standard InChI is InChI=1S/C14H30N4O2.HI/c1-5-12(3)18-13(19)8-10-17-14(15-4)16-9-7-11-20-6-2;/h12H,5-11H2,1-4H3,(H,18,19)(H2,15,16,17);1H. The Bertz CT molecular complexity index is 288. The number of ether oxygens (including phenoxy) is 1. The van der Waals surface area contributed by atoms with E-state index in [9.17, 15) is 4.79 Å². The second kappa shape index (κ2) is 15.8. The Labute approximate surface area is 145 Å². The quantitative estimate of drug-likeness (QED) is 0.219. The van der Waals surface area contributed by atoms with Gasteiger partial charge in [-0.05, 0) is 26.7 Å². The molecule has 0 rings (SSSR count). The fourth-order valence-corrected chi connectivity index (χ4v) is 1.49. The number of carbonyl (C=O) groups is 1. The SMILES string of the molecule is CCOCCCNC(=NC)NCCC(=O)NC(C)CC.I. The van der Waals surface area contributed by atoms with Crippen LogP contribution < -0.4 is 16.0 Å². The Kier molecular flexibility index (Phi) is 17.1. The number of carbonyl (C=O) groups excluding carboxylic acids is 1. The summed E-state index contributed by atoms with van der Waals surface area (Å²) in [4.78, 5) is 15.7. The maximum absolute atomic E-state index is 11.6. The minimum Gasteiger partial charge on any atom is -0.382 e. The van der Waals surface area contributed by atoms with Gasteiger partial charge in [-0.15, -0.1) is 24.0 Å². The van der Waals surface area contributed by atoms with Crippen LogP contribution in [0.25, 0.3) is 0 Å². The zero-order chi connectivity index (χ0) is 15.2. The van der Waals surface area contributed by atoms with Gasteiger partial charge in [0.2, 0.25) is 5.91 Å². The van der Waals surface area contributed by atoms with E-state index >= 15 is 0 Å². The van der Waals surface area contributed by atoms with Crippen LogP contribution in [0.5, 0.6) is 0 Å². The van der Waals surface area contributed by atoms with Gasteiger partial charge in [0.1, 0.15) is 0 Å². The van der Waals surface area contributed by atoms with Crippen molar-refractivity contribution in [1.29, 1.82) is 0 Å². The van der Waals surface area contributed by atoms with Gasteiger partial charge in [0.25, 0.3) is 0 Å². The van der Waals surface area contributed by atoms with E-state index in [4.69, 9.17) is 4.74 Å². The Balaban J connectivity index is 0. The minimum absolute atomic E-state index is 0. The van der Waals surface area contributed by atoms with E-state index < -0.39 is 0 Å². The van der Waals surface area contributed by atoms with Crippen LogP contribution in [0.3, 0.4) is 0 Å². The van der Waals surface area contributed by atoms with E-state index in [1.807, 2.05) is 13.8 Å². The van der Waals surface area contributed by atoms with E-state index in [-0.39, 0.29) is 35.9 Å². The zero-order valence-electron chi connectivity index (χ0n) is 13.7.